The van der Waals surface area contributed by atoms with E-state index in [2.05, 4.69) is 41.9 Å². The maximum Gasteiger partial charge on any atom is 0.268 e. The van der Waals surface area contributed by atoms with Gasteiger partial charge in [0, 0.05) is 98.6 Å². The topological polar surface area (TPSA) is 128 Å². The third kappa shape index (κ3) is 11.2. The number of carbonyl (C=O) groups excluding carboxylic acids is 1. The third-order valence-corrected chi connectivity index (χ3v) is 13.4. The summed E-state index contributed by atoms with van der Waals surface area (Å²) in [5, 5.41) is 5.10. The Morgan fingerprint density at radius 3 is 2.43 bits per heavy atom. The molecule has 0 saturated carbocycles. The van der Waals surface area contributed by atoms with Crippen LogP contribution in [0.15, 0.2) is 114 Å². The van der Waals surface area contributed by atoms with Gasteiger partial charge in [-0.25, -0.2) is 13.1 Å². The van der Waals surface area contributed by atoms with E-state index in [1.165, 1.54) is 11.6 Å². The molecule has 6 aromatic rings. The number of likely N-dealkylation sites (N-methyl/N-ethyl adjacent to an activating group) is 1. The van der Waals surface area contributed by atoms with Gasteiger partial charge in [0.2, 0.25) is 0 Å². The van der Waals surface area contributed by atoms with Crippen LogP contribution in [0.2, 0.25) is 5.02 Å². The molecule has 1 aromatic heterocycles. The molecule has 0 atom stereocenters. The van der Waals surface area contributed by atoms with Crippen LogP contribution in [0.3, 0.4) is 0 Å². The van der Waals surface area contributed by atoms with Crippen molar-refractivity contribution < 1.29 is 27.4 Å². The highest BCUT2D eigenvalue weighted by Crippen LogP contribution is 2.34. The van der Waals surface area contributed by atoms with Crippen molar-refractivity contribution in [3.8, 4) is 28.4 Å². The molecule has 0 unspecified atom stereocenters. The van der Waals surface area contributed by atoms with Crippen molar-refractivity contribution in [1.82, 2.24) is 19.5 Å². The van der Waals surface area contributed by atoms with Crippen molar-refractivity contribution >= 4 is 49.8 Å². The lowest BCUT2D eigenvalue weighted by Gasteiger charge is -2.36. The zero-order chi connectivity index (χ0) is 43.9. The first-order chi connectivity index (χ1) is 30.5. The molecule has 14 heteroatoms. The lowest BCUT2D eigenvalue weighted by molar-refractivity contribution is 0.0699. The van der Waals surface area contributed by atoms with E-state index in [1.807, 2.05) is 93.9 Å². The highest BCUT2D eigenvalue weighted by molar-refractivity contribution is 7.90. The number of aromatic amines is 1. The van der Waals surface area contributed by atoms with Gasteiger partial charge in [-0.2, -0.15) is 0 Å². The number of nitrogens with zero attached hydrogens (tertiary/aromatic N) is 3. The number of hydrogen-bond donors (Lipinski definition) is 3. The van der Waals surface area contributed by atoms with Gasteiger partial charge >= 0.3 is 0 Å². The minimum atomic E-state index is -4.22. The number of fused-ring (bicyclic) bond motifs is 1. The van der Waals surface area contributed by atoms with E-state index >= 15 is 0 Å². The van der Waals surface area contributed by atoms with Gasteiger partial charge in [0.1, 0.15) is 23.9 Å². The molecule has 3 heterocycles. The Labute approximate surface area is 375 Å². The second kappa shape index (κ2) is 19.9. The Balaban J connectivity index is 0.985. The second-order valence-electron chi connectivity index (χ2n) is 16.6. The fourth-order valence-corrected chi connectivity index (χ4v) is 9.27. The molecule has 5 aromatic carbocycles. The van der Waals surface area contributed by atoms with Crippen LogP contribution < -0.4 is 24.4 Å². The number of benzene rings is 5. The largest absolute Gasteiger partial charge is 0.492 e. The monoisotopic (exact) mass is 890 g/mol. The molecule has 0 bridgehead atoms. The van der Waals surface area contributed by atoms with Crippen molar-refractivity contribution in [2.24, 2.45) is 5.92 Å². The summed E-state index contributed by atoms with van der Waals surface area (Å²) in [6, 6.07) is 32.0. The number of sulfonamides is 1. The maximum absolute atomic E-state index is 14.0. The number of aromatic nitrogens is 1. The summed E-state index contributed by atoms with van der Waals surface area (Å²) in [4.78, 5) is 24.0. The van der Waals surface area contributed by atoms with Crippen molar-refractivity contribution in [3.63, 3.8) is 0 Å². The average Bonchev–Trinajstić information content (AvgIpc) is 3.75. The lowest BCUT2D eigenvalue weighted by Crippen LogP contribution is -2.46. The van der Waals surface area contributed by atoms with Gasteiger partial charge in [-0.3, -0.25) is 9.69 Å². The first-order valence-corrected chi connectivity index (χ1v) is 23.4. The van der Waals surface area contributed by atoms with Crippen LogP contribution in [-0.2, 0) is 21.3 Å². The van der Waals surface area contributed by atoms with E-state index in [-0.39, 0.29) is 16.2 Å². The number of rotatable bonds is 16. The molecule has 2 aliphatic rings. The first-order valence-electron chi connectivity index (χ1n) is 21.5. The Morgan fingerprint density at radius 1 is 0.889 bits per heavy atom. The standard InChI is InChI=1S/C49H55ClN6O6S/c1-34-28-43(11-15-46(34)52-32-35-17-25-60-26-18-35)63(58,59)53-49(57)45-12-8-40(31-48(45)62-42-10-14-47-37(29-42)16-19-51-47)56-22-20-55(21-23-56)33-38-30-41(61-27-24-54(2)3)9-13-44(38)36-4-6-39(50)7-5-36/h4-16,19,28-31,35,51-52H,17-18,20-27,32-33H2,1-3H3,(H,53,57). The lowest BCUT2D eigenvalue weighted by atomic mass is 9.98. The van der Waals surface area contributed by atoms with Crippen LogP contribution >= 0.6 is 11.6 Å². The number of H-pyrrole nitrogens is 1. The molecular formula is C49H55ClN6O6S. The molecule has 3 N–H and O–H groups in total. The van der Waals surface area contributed by atoms with Crippen LogP contribution in [0.5, 0.6) is 17.2 Å². The summed E-state index contributed by atoms with van der Waals surface area (Å²) in [5.74, 6) is 1.32. The second-order valence-corrected chi connectivity index (χ2v) is 18.7. The van der Waals surface area contributed by atoms with Crippen LogP contribution in [-0.4, -0.2) is 102 Å². The third-order valence-electron chi connectivity index (χ3n) is 11.8. The van der Waals surface area contributed by atoms with Gasteiger partial charge in [0.05, 0.1) is 10.5 Å². The molecule has 330 valence electrons. The average molecular weight is 892 g/mol. The van der Waals surface area contributed by atoms with Gasteiger partial charge in [-0.1, -0.05) is 29.8 Å². The zero-order valence-corrected chi connectivity index (χ0v) is 37.6. The van der Waals surface area contributed by atoms with E-state index in [0.29, 0.717) is 23.3 Å². The molecule has 0 aliphatic carbocycles. The summed E-state index contributed by atoms with van der Waals surface area (Å²) < 4.78 is 47.8. The molecule has 2 saturated heterocycles. The van der Waals surface area contributed by atoms with E-state index in [9.17, 15) is 13.2 Å². The molecule has 0 spiro atoms. The Hall–Kier alpha value is -5.57. The van der Waals surface area contributed by atoms with Crippen LogP contribution in [0, 0.1) is 12.8 Å². The number of hydrogen-bond acceptors (Lipinski definition) is 10. The van der Waals surface area contributed by atoms with Crippen LogP contribution in [0.4, 0.5) is 11.4 Å². The van der Waals surface area contributed by atoms with E-state index in [4.69, 9.17) is 25.8 Å². The van der Waals surface area contributed by atoms with Gasteiger partial charge in [0.25, 0.3) is 15.9 Å². The number of ether oxygens (including phenoxy) is 3. The normalized spacial score (nSPS) is 15.2. The van der Waals surface area contributed by atoms with Gasteiger partial charge in [0.15, 0.2) is 0 Å². The molecule has 0 radical (unpaired) electrons. The summed E-state index contributed by atoms with van der Waals surface area (Å²) in [6.45, 7) is 9.33. The fourth-order valence-electron chi connectivity index (χ4n) is 8.10. The predicted octanol–water partition coefficient (Wildman–Crippen LogP) is 8.81. The highest BCUT2D eigenvalue weighted by Gasteiger charge is 2.25. The number of halogens is 1. The van der Waals surface area contributed by atoms with Crippen molar-refractivity contribution in [3.05, 3.63) is 131 Å². The number of piperazine rings is 1. The molecule has 2 aliphatic heterocycles. The fraction of sp³-hybridized carbons (Fsp3) is 0.327. The number of anilines is 2. The van der Waals surface area contributed by atoms with Gasteiger partial charge in [-0.15, -0.1) is 0 Å². The van der Waals surface area contributed by atoms with Crippen LogP contribution in [0.1, 0.15) is 34.3 Å². The van der Waals surface area contributed by atoms with Crippen molar-refractivity contribution in [1.29, 1.82) is 0 Å². The number of nitrogens with one attached hydrogen (secondary N) is 3. The van der Waals surface area contributed by atoms with Crippen LogP contribution in [0.25, 0.3) is 22.0 Å². The summed E-state index contributed by atoms with van der Waals surface area (Å²) in [7, 11) is -0.162. The summed E-state index contributed by atoms with van der Waals surface area (Å²) in [6.07, 6.45) is 3.84. The summed E-state index contributed by atoms with van der Waals surface area (Å²) >= 11 is 6.25. The number of carbonyl (C=O) groups is 1. The molecule has 8 rings (SSSR count). The minimum Gasteiger partial charge on any atom is -0.492 e. The predicted molar refractivity (Wildman–Crippen MR) is 251 cm³/mol. The van der Waals surface area contributed by atoms with Gasteiger partial charge < -0.3 is 34.3 Å². The molecule has 63 heavy (non-hydrogen) atoms. The van der Waals surface area contributed by atoms with Crippen molar-refractivity contribution in [2.45, 2.75) is 31.2 Å². The molecule has 1 amide bonds. The zero-order valence-electron chi connectivity index (χ0n) is 36.0. The van der Waals surface area contributed by atoms with E-state index in [1.54, 1.807) is 18.2 Å². The number of amides is 1. The molecule has 12 nitrogen and oxygen atoms in total. The minimum absolute atomic E-state index is 0.00343. The smallest absolute Gasteiger partial charge is 0.268 e. The molecule has 2 fully saturated rings. The maximum atomic E-state index is 14.0. The Bertz CT molecular complexity index is 2640. The van der Waals surface area contributed by atoms with Gasteiger partial charge in [-0.05, 0) is 141 Å². The number of aryl methyl sites for hydroxylation is 1. The molecular weight excluding hydrogens is 836 g/mol. The van der Waals surface area contributed by atoms with E-state index in [0.717, 1.165) is 117 Å². The Morgan fingerprint density at radius 2 is 1.67 bits per heavy atom. The summed E-state index contributed by atoms with van der Waals surface area (Å²) in [5.41, 5.74) is 6.93. The van der Waals surface area contributed by atoms with Crippen molar-refractivity contribution in [2.75, 3.05) is 83.4 Å². The quantitative estimate of drug-likeness (QED) is 0.0868. The Kier molecular flexibility index (Phi) is 13.9. The SMILES string of the molecule is Cc1cc(S(=O)(=O)NC(=O)c2ccc(N3CCN(Cc4cc(OCCN(C)C)ccc4-c4ccc(Cl)cc4)CC3)cc2Oc2ccc3[nH]ccc3c2)ccc1NCC1CCOCC1. The highest BCUT2D eigenvalue weighted by atomic mass is 35.5. The first kappa shape index (κ1) is 44.1. The van der Waals surface area contributed by atoms with E-state index < -0.39 is 15.9 Å².